The Balaban J connectivity index is 1.66. The van der Waals surface area contributed by atoms with Gasteiger partial charge in [0.25, 0.3) is 0 Å². The maximum Gasteiger partial charge on any atom is 0.133 e. The van der Waals surface area contributed by atoms with Crippen LogP contribution in [0.15, 0.2) is 48.0 Å². The zero-order valence-corrected chi connectivity index (χ0v) is 14.4. The van der Waals surface area contributed by atoms with Crippen molar-refractivity contribution < 1.29 is 9.84 Å². The number of aromatic nitrogens is 1. The highest BCUT2D eigenvalue weighted by Gasteiger charge is 2.12. The minimum absolute atomic E-state index is 0.0315. The quantitative estimate of drug-likeness (QED) is 0.685. The minimum Gasteiger partial charge on any atom is -0.497 e. The van der Waals surface area contributed by atoms with Crippen LogP contribution >= 0.6 is 22.7 Å². The van der Waals surface area contributed by atoms with E-state index in [2.05, 4.69) is 21.7 Å². The van der Waals surface area contributed by atoms with Crippen LogP contribution in [-0.4, -0.2) is 23.8 Å². The first kappa shape index (κ1) is 16.1. The van der Waals surface area contributed by atoms with Crippen molar-refractivity contribution in [2.75, 3.05) is 13.7 Å². The van der Waals surface area contributed by atoms with Crippen LogP contribution in [-0.2, 0) is 6.54 Å². The number of hydrogen-bond acceptors (Lipinski definition) is 6. The molecule has 0 amide bonds. The van der Waals surface area contributed by atoms with E-state index < -0.39 is 0 Å². The molecular weight excluding hydrogens is 328 g/mol. The fraction of sp³-hybridized carbons (Fsp3) is 0.235. The topological polar surface area (TPSA) is 54.4 Å². The average molecular weight is 346 g/mol. The van der Waals surface area contributed by atoms with Crippen molar-refractivity contribution in [2.45, 2.75) is 12.6 Å². The summed E-state index contributed by atoms with van der Waals surface area (Å²) in [5.41, 5.74) is 1.01. The van der Waals surface area contributed by atoms with E-state index in [0.717, 1.165) is 21.2 Å². The molecule has 4 nitrogen and oxygen atoms in total. The van der Waals surface area contributed by atoms with Gasteiger partial charge in [-0.1, -0.05) is 18.2 Å². The Labute approximate surface area is 143 Å². The molecule has 0 aliphatic carbocycles. The molecule has 0 spiro atoms. The molecule has 3 rings (SSSR count). The van der Waals surface area contributed by atoms with E-state index in [1.807, 2.05) is 36.5 Å². The molecule has 3 aromatic rings. The number of nitrogens with zero attached hydrogens (tertiary/aromatic N) is 1. The maximum absolute atomic E-state index is 9.66. The van der Waals surface area contributed by atoms with Gasteiger partial charge in [-0.25, -0.2) is 4.98 Å². The second kappa shape index (κ2) is 7.70. The van der Waals surface area contributed by atoms with Crippen LogP contribution in [0, 0.1) is 0 Å². The summed E-state index contributed by atoms with van der Waals surface area (Å²) in [6.07, 6.45) is 1.90. The Hall–Kier alpha value is -1.73. The lowest BCUT2D eigenvalue weighted by atomic mass is 10.1. The summed E-state index contributed by atoms with van der Waals surface area (Å²) in [6, 6.07) is 11.7. The Bertz CT molecular complexity index is 741. The molecule has 0 bridgehead atoms. The van der Waals surface area contributed by atoms with Gasteiger partial charge >= 0.3 is 0 Å². The highest BCUT2D eigenvalue weighted by molar-refractivity contribution is 7.20. The minimum atomic E-state index is -0.127. The van der Waals surface area contributed by atoms with Gasteiger partial charge in [-0.3, -0.25) is 0 Å². The maximum atomic E-state index is 9.66. The fourth-order valence-corrected chi connectivity index (χ4v) is 3.94. The second-order valence-corrected chi connectivity index (χ2v) is 7.06. The highest BCUT2D eigenvalue weighted by atomic mass is 32.1. The molecule has 1 unspecified atom stereocenters. The monoisotopic (exact) mass is 346 g/mol. The van der Waals surface area contributed by atoms with Gasteiger partial charge in [-0.2, -0.15) is 0 Å². The number of aliphatic hydroxyl groups excluding tert-OH is 1. The van der Waals surface area contributed by atoms with Crippen LogP contribution < -0.4 is 10.1 Å². The molecule has 2 N–H and O–H groups in total. The van der Waals surface area contributed by atoms with Crippen molar-refractivity contribution in [1.29, 1.82) is 0 Å². The predicted octanol–water partition coefficient (Wildman–Crippen LogP) is 3.70. The number of methoxy groups -OCH3 is 1. The van der Waals surface area contributed by atoms with Crippen LogP contribution in [0.2, 0.25) is 0 Å². The molecule has 0 aliphatic rings. The summed E-state index contributed by atoms with van der Waals surface area (Å²) in [4.78, 5) is 6.80. The lowest BCUT2D eigenvalue weighted by Crippen LogP contribution is -2.23. The average Bonchev–Trinajstić information content (AvgIpc) is 3.27. The van der Waals surface area contributed by atoms with Gasteiger partial charge in [-0.15, -0.1) is 22.7 Å². The van der Waals surface area contributed by atoms with Crippen LogP contribution in [0.3, 0.4) is 0 Å². The summed E-state index contributed by atoms with van der Waals surface area (Å²) in [7, 11) is 1.64. The molecule has 0 radical (unpaired) electrons. The lowest BCUT2D eigenvalue weighted by molar-refractivity contribution is 0.243. The Morgan fingerprint density at radius 1 is 1.30 bits per heavy atom. The largest absolute Gasteiger partial charge is 0.497 e. The zero-order chi connectivity index (χ0) is 16.1. The van der Waals surface area contributed by atoms with Crippen molar-refractivity contribution in [3.05, 3.63) is 58.4 Å². The van der Waals surface area contributed by atoms with Gasteiger partial charge in [-0.05, 0) is 29.1 Å². The number of aliphatic hydroxyl groups is 1. The zero-order valence-electron chi connectivity index (χ0n) is 12.7. The summed E-state index contributed by atoms with van der Waals surface area (Å²) in [6.45, 7) is 0.704. The van der Waals surface area contributed by atoms with Crippen molar-refractivity contribution in [3.8, 4) is 15.6 Å². The molecule has 120 valence electrons. The molecule has 6 heteroatoms. The number of rotatable bonds is 7. The Kier molecular flexibility index (Phi) is 5.40. The lowest BCUT2D eigenvalue weighted by Gasteiger charge is -2.16. The fourth-order valence-electron chi connectivity index (χ4n) is 2.27. The van der Waals surface area contributed by atoms with Crippen LogP contribution in [0.5, 0.6) is 5.75 Å². The summed E-state index contributed by atoms with van der Waals surface area (Å²) in [5.74, 6) is 0.792. The summed E-state index contributed by atoms with van der Waals surface area (Å²) in [5, 5.41) is 16.1. The first-order chi connectivity index (χ1) is 11.3. The van der Waals surface area contributed by atoms with Gasteiger partial charge in [0, 0.05) is 17.6 Å². The number of ether oxygens (including phenoxy) is 1. The van der Waals surface area contributed by atoms with Crippen molar-refractivity contribution in [2.24, 2.45) is 0 Å². The normalized spacial score (nSPS) is 12.3. The number of thiophene rings is 1. The van der Waals surface area contributed by atoms with E-state index in [1.54, 1.807) is 29.8 Å². The smallest absolute Gasteiger partial charge is 0.133 e. The molecular formula is C17H18N2O2S2. The van der Waals surface area contributed by atoms with Crippen LogP contribution in [0.4, 0.5) is 0 Å². The first-order valence-electron chi connectivity index (χ1n) is 7.27. The molecule has 2 aromatic heterocycles. The summed E-state index contributed by atoms with van der Waals surface area (Å²) < 4.78 is 5.24. The van der Waals surface area contributed by atoms with E-state index in [9.17, 15) is 5.11 Å². The number of hydrogen-bond donors (Lipinski definition) is 2. The van der Waals surface area contributed by atoms with Gasteiger partial charge < -0.3 is 15.2 Å². The molecule has 0 saturated carbocycles. The molecule has 0 fully saturated rings. The first-order valence-corrected chi connectivity index (χ1v) is 8.96. The van der Waals surface area contributed by atoms with Gasteiger partial charge in [0.15, 0.2) is 0 Å². The number of nitrogens with one attached hydrogen (secondary N) is 1. The van der Waals surface area contributed by atoms with E-state index in [-0.39, 0.29) is 12.6 Å². The van der Waals surface area contributed by atoms with E-state index in [0.29, 0.717) is 6.54 Å². The third-order valence-electron chi connectivity index (χ3n) is 3.49. The highest BCUT2D eigenvalue weighted by Crippen LogP contribution is 2.29. The molecule has 1 atom stereocenters. The second-order valence-electron chi connectivity index (χ2n) is 5.00. The summed E-state index contributed by atoms with van der Waals surface area (Å²) >= 11 is 3.37. The van der Waals surface area contributed by atoms with Crippen LogP contribution in [0.1, 0.15) is 16.5 Å². The van der Waals surface area contributed by atoms with Crippen LogP contribution in [0.25, 0.3) is 9.88 Å². The Morgan fingerprint density at radius 3 is 2.96 bits per heavy atom. The van der Waals surface area contributed by atoms with E-state index in [1.165, 1.54) is 4.88 Å². The van der Waals surface area contributed by atoms with Gasteiger partial charge in [0.1, 0.15) is 10.8 Å². The number of thiazole rings is 1. The third kappa shape index (κ3) is 3.97. The molecule has 0 aliphatic heterocycles. The van der Waals surface area contributed by atoms with Gasteiger partial charge in [0.2, 0.25) is 0 Å². The van der Waals surface area contributed by atoms with Crippen molar-refractivity contribution in [3.63, 3.8) is 0 Å². The number of benzene rings is 1. The van der Waals surface area contributed by atoms with E-state index in [4.69, 9.17) is 4.74 Å². The Morgan fingerprint density at radius 2 is 2.22 bits per heavy atom. The molecule has 1 aromatic carbocycles. The standard InChI is InChI=1S/C17H18N2O2S2/c1-21-13-5-2-4-12(8-13)15(11-20)18-9-14-10-19-17(23-14)16-6-3-7-22-16/h2-8,10,15,18,20H,9,11H2,1H3. The third-order valence-corrected chi connectivity index (χ3v) is 5.52. The van der Waals surface area contributed by atoms with Gasteiger partial charge in [0.05, 0.1) is 24.6 Å². The molecule has 23 heavy (non-hydrogen) atoms. The van der Waals surface area contributed by atoms with Crippen molar-refractivity contribution >= 4 is 22.7 Å². The molecule has 2 heterocycles. The van der Waals surface area contributed by atoms with Crippen molar-refractivity contribution in [1.82, 2.24) is 10.3 Å². The SMILES string of the molecule is COc1cccc(C(CO)NCc2cnc(-c3cccs3)s2)c1. The predicted molar refractivity (Wildman–Crippen MR) is 95.1 cm³/mol. The van der Waals surface area contributed by atoms with E-state index >= 15 is 0 Å². The molecule has 0 saturated heterocycles.